The Morgan fingerprint density at radius 1 is 1.00 bits per heavy atom. The van der Waals surface area contributed by atoms with Crippen LogP contribution in [0.4, 0.5) is 5.82 Å². The lowest BCUT2D eigenvalue weighted by atomic mass is 10.2. The highest BCUT2D eigenvalue weighted by atomic mass is 15.3. The smallest absolute Gasteiger partial charge is 0.165 e. The highest BCUT2D eigenvalue weighted by Crippen LogP contribution is 2.25. The number of rotatable bonds is 4. The van der Waals surface area contributed by atoms with Gasteiger partial charge in [-0.15, -0.1) is 0 Å². The summed E-state index contributed by atoms with van der Waals surface area (Å²) in [6, 6.07) is 9.83. The van der Waals surface area contributed by atoms with Crippen molar-refractivity contribution in [2.45, 2.75) is 6.54 Å². The summed E-state index contributed by atoms with van der Waals surface area (Å²) in [5.41, 5.74) is 3.79. The molecule has 0 saturated heterocycles. The van der Waals surface area contributed by atoms with Crippen molar-refractivity contribution in [1.82, 2.24) is 34.3 Å². The lowest BCUT2D eigenvalue weighted by molar-refractivity contribution is 0.786. The van der Waals surface area contributed by atoms with Gasteiger partial charge in [-0.25, -0.2) is 14.5 Å². The zero-order valence-corrected chi connectivity index (χ0v) is 14.6. The maximum absolute atomic E-state index is 4.72. The van der Waals surface area contributed by atoms with Gasteiger partial charge in [0.1, 0.15) is 5.82 Å². The third kappa shape index (κ3) is 2.67. The van der Waals surface area contributed by atoms with Crippen LogP contribution in [0.25, 0.3) is 27.9 Å². The Kier molecular flexibility index (Phi) is 3.53. The molecule has 5 aromatic heterocycles. The average molecular weight is 356 g/mol. The van der Waals surface area contributed by atoms with Crippen molar-refractivity contribution in [2.24, 2.45) is 7.05 Å². The van der Waals surface area contributed by atoms with E-state index in [-0.39, 0.29) is 0 Å². The first-order valence-electron chi connectivity index (χ1n) is 8.55. The summed E-state index contributed by atoms with van der Waals surface area (Å²) in [4.78, 5) is 13.5. The quantitative estimate of drug-likeness (QED) is 0.533. The average Bonchev–Trinajstić information content (AvgIpc) is 3.31. The van der Waals surface area contributed by atoms with Crippen molar-refractivity contribution in [1.29, 1.82) is 0 Å². The first kappa shape index (κ1) is 15.4. The molecule has 0 bridgehead atoms. The molecule has 8 nitrogen and oxygen atoms in total. The van der Waals surface area contributed by atoms with Crippen LogP contribution in [0, 0.1) is 0 Å². The van der Waals surface area contributed by atoms with Gasteiger partial charge in [-0.05, 0) is 24.3 Å². The predicted molar refractivity (Wildman–Crippen MR) is 102 cm³/mol. The van der Waals surface area contributed by atoms with Crippen molar-refractivity contribution < 1.29 is 0 Å². The number of hydrogen-bond acceptors (Lipinski definition) is 6. The SMILES string of the molecule is Cn1ncc2c(NCc3cnn4ccccc34)nc(-c3cccnc3)nc21. The molecule has 27 heavy (non-hydrogen) atoms. The van der Waals surface area contributed by atoms with Crippen LogP contribution in [-0.2, 0) is 13.6 Å². The molecule has 0 saturated carbocycles. The number of nitrogens with one attached hydrogen (secondary N) is 1. The van der Waals surface area contributed by atoms with E-state index in [2.05, 4.69) is 25.5 Å². The number of anilines is 1. The van der Waals surface area contributed by atoms with E-state index < -0.39 is 0 Å². The molecule has 0 aliphatic carbocycles. The first-order chi connectivity index (χ1) is 13.3. The fourth-order valence-electron chi connectivity index (χ4n) is 3.08. The zero-order valence-electron chi connectivity index (χ0n) is 14.6. The summed E-state index contributed by atoms with van der Waals surface area (Å²) in [7, 11) is 1.87. The van der Waals surface area contributed by atoms with E-state index in [0.717, 1.165) is 33.5 Å². The molecule has 0 fully saturated rings. The van der Waals surface area contributed by atoms with Gasteiger partial charge in [-0.3, -0.25) is 9.67 Å². The number of hydrogen-bond donors (Lipinski definition) is 1. The van der Waals surface area contributed by atoms with Gasteiger partial charge in [0.15, 0.2) is 11.5 Å². The van der Waals surface area contributed by atoms with Gasteiger partial charge >= 0.3 is 0 Å². The van der Waals surface area contributed by atoms with E-state index in [0.29, 0.717) is 12.4 Å². The summed E-state index contributed by atoms with van der Waals surface area (Å²) in [6.07, 6.45) is 9.07. The molecular weight excluding hydrogens is 340 g/mol. The molecule has 5 heterocycles. The second kappa shape index (κ2) is 6.17. The largest absolute Gasteiger partial charge is 0.365 e. The Bertz CT molecular complexity index is 1240. The lowest BCUT2D eigenvalue weighted by Gasteiger charge is -2.09. The molecule has 0 aliphatic heterocycles. The topological polar surface area (TPSA) is 85.8 Å². The van der Waals surface area contributed by atoms with Crippen molar-refractivity contribution in [2.75, 3.05) is 5.32 Å². The minimum absolute atomic E-state index is 0.598. The van der Waals surface area contributed by atoms with E-state index in [1.807, 2.05) is 54.3 Å². The zero-order chi connectivity index (χ0) is 18.2. The molecule has 0 spiro atoms. The molecule has 132 valence electrons. The number of pyridine rings is 2. The second-order valence-corrected chi connectivity index (χ2v) is 6.20. The van der Waals surface area contributed by atoms with Gasteiger partial charge in [0.25, 0.3) is 0 Å². The maximum Gasteiger partial charge on any atom is 0.165 e. The van der Waals surface area contributed by atoms with Gasteiger partial charge in [0.05, 0.1) is 23.3 Å². The highest BCUT2D eigenvalue weighted by molar-refractivity contribution is 5.88. The number of aromatic nitrogens is 7. The highest BCUT2D eigenvalue weighted by Gasteiger charge is 2.13. The molecule has 5 aromatic rings. The minimum atomic E-state index is 0.598. The Morgan fingerprint density at radius 2 is 1.96 bits per heavy atom. The van der Waals surface area contributed by atoms with E-state index in [9.17, 15) is 0 Å². The standard InChI is InChI=1S/C19H16N8/c1-26-19-15(12-22-26)18(24-17(25-19)13-5-4-7-20-9-13)21-10-14-11-23-27-8-3-2-6-16(14)27/h2-9,11-12H,10H2,1H3,(H,21,24,25). The summed E-state index contributed by atoms with van der Waals surface area (Å²) in [6.45, 7) is 0.598. The van der Waals surface area contributed by atoms with E-state index in [1.54, 1.807) is 23.3 Å². The predicted octanol–water partition coefficient (Wildman–Crippen LogP) is 2.69. The monoisotopic (exact) mass is 356 g/mol. The third-order valence-corrected chi connectivity index (χ3v) is 4.46. The van der Waals surface area contributed by atoms with Crippen LogP contribution in [0.3, 0.4) is 0 Å². The molecule has 8 heteroatoms. The summed E-state index contributed by atoms with van der Waals surface area (Å²) < 4.78 is 3.61. The Labute approximate surface area is 154 Å². The van der Waals surface area contributed by atoms with Crippen molar-refractivity contribution in [3.8, 4) is 11.4 Å². The Hall–Kier alpha value is -3.81. The third-order valence-electron chi connectivity index (χ3n) is 4.46. The molecule has 0 aliphatic rings. The van der Waals surface area contributed by atoms with Crippen LogP contribution < -0.4 is 5.32 Å². The molecular formula is C19H16N8. The van der Waals surface area contributed by atoms with Crippen molar-refractivity contribution in [3.63, 3.8) is 0 Å². The molecule has 0 unspecified atom stereocenters. The fourth-order valence-corrected chi connectivity index (χ4v) is 3.08. The maximum atomic E-state index is 4.72. The number of fused-ring (bicyclic) bond motifs is 2. The van der Waals surface area contributed by atoms with Crippen molar-refractivity contribution >= 4 is 22.4 Å². The summed E-state index contributed by atoms with van der Waals surface area (Å²) in [5.74, 6) is 1.35. The van der Waals surface area contributed by atoms with Gasteiger partial charge in [0.2, 0.25) is 0 Å². The molecule has 0 amide bonds. The van der Waals surface area contributed by atoms with Gasteiger partial charge in [-0.1, -0.05) is 6.07 Å². The summed E-state index contributed by atoms with van der Waals surface area (Å²) in [5, 5.41) is 13.0. The molecule has 5 rings (SSSR count). The Balaban J connectivity index is 1.56. The van der Waals surface area contributed by atoms with Gasteiger partial charge < -0.3 is 5.32 Å². The number of nitrogens with zero attached hydrogens (tertiary/aromatic N) is 7. The van der Waals surface area contributed by atoms with Crippen LogP contribution in [0.15, 0.2) is 61.3 Å². The van der Waals surface area contributed by atoms with Crippen LogP contribution in [0.2, 0.25) is 0 Å². The van der Waals surface area contributed by atoms with E-state index in [4.69, 9.17) is 4.98 Å². The van der Waals surface area contributed by atoms with E-state index >= 15 is 0 Å². The van der Waals surface area contributed by atoms with Crippen LogP contribution >= 0.6 is 0 Å². The van der Waals surface area contributed by atoms with Crippen molar-refractivity contribution in [3.05, 3.63) is 66.9 Å². The summed E-state index contributed by atoms with van der Waals surface area (Å²) >= 11 is 0. The van der Waals surface area contributed by atoms with Gasteiger partial charge in [-0.2, -0.15) is 10.2 Å². The molecule has 0 atom stereocenters. The van der Waals surface area contributed by atoms with Crippen LogP contribution in [0.5, 0.6) is 0 Å². The van der Waals surface area contributed by atoms with Gasteiger partial charge in [0, 0.05) is 43.3 Å². The normalized spacial score (nSPS) is 11.3. The number of aryl methyl sites for hydroxylation is 1. The molecule has 0 aromatic carbocycles. The first-order valence-corrected chi connectivity index (χ1v) is 8.55. The molecule has 0 radical (unpaired) electrons. The van der Waals surface area contributed by atoms with E-state index in [1.165, 1.54) is 0 Å². The minimum Gasteiger partial charge on any atom is -0.365 e. The van der Waals surface area contributed by atoms with Crippen LogP contribution in [-0.4, -0.2) is 34.3 Å². The molecule has 1 N–H and O–H groups in total. The Morgan fingerprint density at radius 3 is 2.85 bits per heavy atom. The van der Waals surface area contributed by atoms with Crippen LogP contribution in [0.1, 0.15) is 5.56 Å². The fraction of sp³-hybridized carbons (Fsp3) is 0.105. The lowest BCUT2D eigenvalue weighted by Crippen LogP contribution is -2.04. The second-order valence-electron chi connectivity index (χ2n) is 6.20.